The molecule has 3 rings (SSSR count). The Labute approximate surface area is 117 Å². The summed E-state index contributed by atoms with van der Waals surface area (Å²) in [6, 6.07) is 3.42. The first kappa shape index (κ1) is 13.0. The van der Waals surface area contributed by atoms with E-state index in [4.69, 9.17) is 0 Å². The van der Waals surface area contributed by atoms with E-state index in [0.29, 0.717) is 16.5 Å². The van der Waals surface area contributed by atoms with E-state index in [1.54, 1.807) is 7.05 Å². The first-order chi connectivity index (χ1) is 9.58. The van der Waals surface area contributed by atoms with E-state index in [1.807, 2.05) is 0 Å². The molecule has 0 spiro atoms. The lowest BCUT2D eigenvalue weighted by molar-refractivity contribution is -0.116. The van der Waals surface area contributed by atoms with Crippen LogP contribution in [0.15, 0.2) is 18.2 Å². The van der Waals surface area contributed by atoms with Gasteiger partial charge >= 0.3 is 0 Å². The van der Waals surface area contributed by atoms with Crippen molar-refractivity contribution in [3.8, 4) is 0 Å². The van der Waals surface area contributed by atoms with Gasteiger partial charge in [0.2, 0.25) is 5.91 Å². The number of nitrogens with zero attached hydrogens (tertiary/aromatic N) is 1. The number of fused-ring (bicyclic) bond motifs is 1. The molecule has 2 heterocycles. The van der Waals surface area contributed by atoms with Crippen molar-refractivity contribution in [3.05, 3.63) is 40.3 Å². The van der Waals surface area contributed by atoms with E-state index in [-0.39, 0.29) is 12.3 Å². The average Bonchev–Trinajstić information content (AvgIpc) is 2.81. The number of carbonyl (C=O) groups is 1. The zero-order chi connectivity index (χ0) is 14.3. The van der Waals surface area contributed by atoms with Crippen LogP contribution in [-0.2, 0) is 4.79 Å². The van der Waals surface area contributed by atoms with Crippen LogP contribution < -0.4 is 10.6 Å². The minimum atomic E-state index is -0.643. The molecule has 0 bridgehead atoms. The minimum absolute atomic E-state index is 0.126. The van der Waals surface area contributed by atoms with Crippen molar-refractivity contribution in [3.63, 3.8) is 0 Å². The molecule has 2 N–H and O–H groups in total. The number of aromatic nitrogens is 1. The highest BCUT2D eigenvalue weighted by molar-refractivity contribution is 7.16. The molecule has 7 heteroatoms. The number of benzene rings is 1. The number of rotatable bonds is 2. The number of halogens is 2. The predicted molar refractivity (Wildman–Crippen MR) is 73.1 cm³/mol. The van der Waals surface area contributed by atoms with Crippen LogP contribution in [0, 0.1) is 11.6 Å². The molecule has 0 saturated carbocycles. The molecular weight excluding hydrogens is 284 g/mol. The summed E-state index contributed by atoms with van der Waals surface area (Å²) in [5.74, 6) is -1.48. The van der Waals surface area contributed by atoms with Crippen molar-refractivity contribution in [2.45, 2.75) is 12.3 Å². The SMILES string of the molecule is CNc1nc2c(s1)[C@H](c1ccc(F)cc1F)CC(=O)N2. The van der Waals surface area contributed by atoms with E-state index < -0.39 is 17.6 Å². The third-order valence-corrected chi connectivity index (χ3v) is 4.36. The molecule has 0 fully saturated rings. The number of hydrogen-bond donors (Lipinski definition) is 2. The van der Waals surface area contributed by atoms with Crippen LogP contribution in [0.25, 0.3) is 0 Å². The van der Waals surface area contributed by atoms with E-state index in [0.717, 1.165) is 10.9 Å². The Balaban J connectivity index is 2.10. The highest BCUT2D eigenvalue weighted by Crippen LogP contribution is 2.42. The molecule has 1 aliphatic heterocycles. The number of nitrogens with one attached hydrogen (secondary N) is 2. The molecule has 1 aromatic heterocycles. The maximum Gasteiger partial charge on any atom is 0.226 e. The fraction of sp³-hybridized carbons (Fsp3) is 0.231. The van der Waals surface area contributed by atoms with Crippen LogP contribution in [0.2, 0.25) is 0 Å². The fourth-order valence-electron chi connectivity index (χ4n) is 2.26. The fourth-order valence-corrected chi connectivity index (χ4v) is 3.25. The normalized spacial score (nSPS) is 17.6. The van der Waals surface area contributed by atoms with Crippen molar-refractivity contribution < 1.29 is 13.6 Å². The molecule has 4 nitrogen and oxygen atoms in total. The Bertz CT molecular complexity index is 686. The Hall–Kier alpha value is -2.02. The molecule has 104 valence electrons. The lowest BCUT2D eigenvalue weighted by atomic mass is 9.91. The summed E-state index contributed by atoms with van der Waals surface area (Å²) in [7, 11) is 1.72. The molecule has 0 radical (unpaired) electrons. The van der Waals surface area contributed by atoms with Gasteiger partial charge in [0.05, 0.1) is 4.88 Å². The quantitative estimate of drug-likeness (QED) is 0.895. The van der Waals surface area contributed by atoms with Gasteiger partial charge in [0.15, 0.2) is 5.13 Å². The summed E-state index contributed by atoms with van der Waals surface area (Å²) in [6.45, 7) is 0. The van der Waals surface area contributed by atoms with Crippen LogP contribution in [0.3, 0.4) is 0 Å². The topological polar surface area (TPSA) is 54.0 Å². The van der Waals surface area contributed by atoms with Gasteiger partial charge in [0.25, 0.3) is 0 Å². The number of anilines is 2. The summed E-state index contributed by atoms with van der Waals surface area (Å²) < 4.78 is 26.9. The number of carbonyl (C=O) groups excluding carboxylic acids is 1. The van der Waals surface area contributed by atoms with Gasteiger partial charge in [-0.25, -0.2) is 13.8 Å². The van der Waals surface area contributed by atoms with E-state index in [2.05, 4.69) is 15.6 Å². The maximum atomic E-state index is 13.9. The van der Waals surface area contributed by atoms with Gasteiger partial charge in [0, 0.05) is 25.5 Å². The molecule has 1 aliphatic rings. The molecule has 2 aromatic rings. The van der Waals surface area contributed by atoms with E-state index in [1.165, 1.54) is 23.5 Å². The zero-order valence-corrected chi connectivity index (χ0v) is 11.4. The highest BCUT2D eigenvalue weighted by Gasteiger charge is 2.31. The first-order valence-corrected chi connectivity index (χ1v) is 6.83. The van der Waals surface area contributed by atoms with Gasteiger partial charge in [-0.1, -0.05) is 17.4 Å². The molecule has 1 atom stereocenters. The van der Waals surface area contributed by atoms with Gasteiger partial charge < -0.3 is 10.6 Å². The maximum absolute atomic E-state index is 13.9. The summed E-state index contributed by atoms with van der Waals surface area (Å²) in [6.07, 6.45) is 0.126. The smallest absolute Gasteiger partial charge is 0.226 e. The third kappa shape index (κ3) is 2.14. The van der Waals surface area contributed by atoms with Crippen molar-refractivity contribution >= 4 is 28.2 Å². The first-order valence-electron chi connectivity index (χ1n) is 6.01. The highest BCUT2D eigenvalue weighted by atomic mass is 32.1. The molecular formula is C13H11F2N3OS. The van der Waals surface area contributed by atoms with Crippen molar-refractivity contribution in [2.75, 3.05) is 17.7 Å². The van der Waals surface area contributed by atoms with Crippen LogP contribution >= 0.6 is 11.3 Å². The van der Waals surface area contributed by atoms with Crippen LogP contribution in [0.5, 0.6) is 0 Å². The zero-order valence-electron chi connectivity index (χ0n) is 10.5. The Morgan fingerprint density at radius 3 is 2.95 bits per heavy atom. The second kappa shape index (κ2) is 4.82. The van der Waals surface area contributed by atoms with Crippen molar-refractivity contribution in [1.82, 2.24) is 4.98 Å². The molecule has 1 amide bonds. The average molecular weight is 295 g/mol. The monoisotopic (exact) mass is 295 g/mol. The van der Waals surface area contributed by atoms with Crippen LogP contribution in [0.1, 0.15) is 22.8 Å². The summed E-state index contributed by atoms with van der Waals surface area (Å²) >= 11 is 1.36. The van der Waals surface area contributed by atoms with E-state index in [9.17, 15) is 13.6 Å². The van der Waals surface area contributed by atoms with Gasteiger partial charge in [-0.2, -0.15) is 0 Å². The largest absolute Gasteiger partial charge is 0.365 e. The second-order valence-electron chi connectivity index (χ2n) is 4.45. The minimum Gasteiger partial charge on any atom is -0.365 e. The Kier molecular flexibility index (Phi) is 3.13. The molecule has 20 heavy (non-hydrogen) atoms. The number of thiazole rings is 1. The molecule has 0 aliphatic carbocycles. The lowest BCUT2D eigenvalue weighted by Gasteiger charge is -2.21. The third-order valence-electron chi connectivity index (χ3n) is 3.17. The summed E-state index contributed by atoms with van der Waals surface area (Å²) in [5.41, 5.74) is 0.314. The van der Waals surface area contributed by atoms with Crippen LogP contribution in [-0.4, -0.2) is 17.9 Å². The summed E-state index contributed by atoms with van der Waals surface area (Å²) in [5, 5.41) is 6.21. The van der Waals surface area contributed by atoms with Crippen molar-refractivity contribution in [2.24, 2.45) is 0 Å². The molecule has 1 aromatic carbocycles. The second-order valence-corrected chi connectivity index (χ2v) is 5.48. The van der Waals surface area contributed by atoms with Crippen molar-refractivity contribution in [1.29, 1.82) is 0 Å². The lowest BCUT2D eigenvalue weighted by Crippen LogP contribution is -2.23. The van der Waals surface area contributed by atoms with Gasteiger partial charge in [-0.05, 0) is 11.6 Å². The van der Waals surface area contributed by atoms with Gasteiger partial charge in [0.1, 0.15) is 17.5 Å². The number of amides is 1. The predicted octanol–water partition coefficient (Wildman–Crippen LogP) is 2.94. The number of hydrogen-bond acceptors (Lipinski definition) is 4. The molecule has 0 unspecified atom stereocenters. The van der Waals surface area contributed by atoms with E-state index >= 15 is 0 Å². The van der Waals surface area contributed by atoms with Gasteiger partial charge in [-0.3, -0.25) is 4.79 Å². The summed E-state index contributed by atoms with van der Waals surface area (Å²) in [4.78, 5) is 16.7. The van der Waals surface area contributed by atoms with Gasteiger partial charge in [-0.15, -0.1) is 0 Å². The Morgan fingerprint density at radius 1 is 1.45 bits per heavy atom. The Morgan fingerprint density at radius 2 is 2.25 bits per heavy atom. The molecule has 0 saturated heterocycles. The van der Waals surface area contributed by atoms with Crippen LogP contribution in [0.4, 0.5) is 19.7 Å². The standard InChI is InChI=1S/C13H11F2N3OS/c1-16-13-18-12-11(20-13)8(5-10(19)17-12)7-3-2-6(14)4-9(7)15/h2-4,8H,5H2,1H3,(H,16,18)(H,17,19)/t8-/m0/s1.